The van der Waals surface area contributed by atoms with E-state index in [0.717, 1.165) is 29.9 Å². The molecule has 6 nitrogen and oxygen atoms in total. The summed E-state index contributed by atoms with van der Waals surface area (Å²) in [5.74, 6) is -0.835. The molecule has 1 heterocycles. The minimum atomic E-state index is -0.835. The minimum absolute atomic E-state index is 0.0678. The molecule has 0 fully saturated rings. The molecule has 0 aliphatic carbocycles. The van der Waals surface area contributed by atoms with Gasteiger partial charge in [-0.25, -0.2) is 4.79 Å². The molecule has 25 heavy (non-hydrogen) atoms. The lowest BCUT2D eigenvalue weighted by atomic mass is 10.1. The molecule has 3 N–H and O–H groups in total. The summed E-state index contributed by atoms with van der Waals surface area (Å²) in [6.07, 6.45) is 1.53. The number of rotatable bonds is 5. The van der Waals surface area contributed by atoms with Gasteiger partial charge in [0, 0.05) is 37.1 Å². The Morgan fingerprint density at radius 1 is 1.12 bits per heavy atom. The van der Waals surface area contributed by atoms with Gasteiger partial charge in [-0.3, -0.25) is 4.79 Å². The monoisotopic (exact) mass is 339 g/mol. The number of benzene rings is 2. The number of anilines is 3. The fourth-order valence-electron chi connectivity index (χ4n) is 2.97. The molecule has 0 unspecified atom stereocenters. The molecule has 130 valence electrons. The lowest BCUT2D eigenvalue weighted by Gasteiger charge is -2.14. The van der Waals surface area contributed by atoms with Crippen molar-refractivity contribution >= 4 is 29.1 Å². The summed E-state index contributed by atoms with van der Waals surface area (Å²) in [4.78, 5) is 25.0. The molecule has 1 aliphatic rings. The summed E-state index contributed by atoms with van der Waals surface area (Å²) >= 11 is 0. The number of hydrogen-bond acceptors (Lipinski definition) is 3. The van der Waals surface area contributed by atoms with E-state index in [0.29, 0.717) is 12.1 Å². The molecule has 0 atom stereocenters. The van der Waals surface area contributed by atoms with Crippen LogP contribution in [0.2, 0.25) is 0 Å². The van der Waals surface area contributed by atoms with Gasteiger partial charge in [-0.05, 0) is 48.2 Å². The third kappa shape index (κ3) is 4.29. The number of hydrogen-bond donors (Lipinski definition) is 3. The first-order valence-electron chi connectivity index (χ1n) is 8.24. The average molecular weight is 339 g/mol. The van der Waals surface area contributed by atoms with E-state index in [1.165, 1.54) is 5.56 Å². The minimum Gasteiger partial charge on any atom is -0.481 e. The van der Waals surface area contributed by atoms with Crippen LogP contribution in [0.5, 0.6) is 0 Å². The van der Waals surface area contributed by atoms with Crippen LogP contribution in [0.4, 0.5) is 21.9 Å². The van der Waals surface area contributed by atoms with Crippen LogP contribution in [0.15, 0.2) is 42.5 Å². The van der Waals surface area contributed by atoms with Crippen molar-refractivity contribution in [1.82, 2.24) is 0 Å². The molecule has 0 saturated carbocycles. The fraction of sp³-hybridized carbons (Fsp3) is 0.263. The Labute approximate surface area is 146 Å². The molecule has 0 saturated heterocycles. The summed E-state index contributed by atoms with van der Waals surface area (Å²) in [5.41, 5.74) is 4.69. The van der Waals surface area contributed by atoms with Crippen molar-refractivity contribution < 1.29 is 14.7 Å². The topological polar surface area (TPSA) is 81.7 Å². The second-order valence-electron chi connectivity index (χ2n) is 6.19. The highest BCUT2D eigenvalue weighted by Gasteiger charge is 2.16. The number of urea groups is 1. The van der Waals surface area contributed by atoms with Gasteiger partial charge in [-0.2, -0.15) is 0 Å². The molecule has 2 amide bonds. The van der Waals surface area contributed by atoms with Crippen molar-refractivity contribution in [3.63, 3.8) is 0 Å². The van der Waals surface area contributed by atoms with Crippen molar-refractivity contribution in [3.8, 4) is 0 Å². The third-order valence-electron chi connectivity index (χ3n) is 4.28. The van der Waals surface area contributed by atoms with E-state index in [1.807, 2.05) is 31.3 Å². The molecule has 2 aromatic carbocycles. The van der Waals surface area contributed by atoms with E-state index in [2.05, 4.69) is 15.5 Å². The van der Waals surface area contributed by atoms with Gasteiger partial charge >= 0.3 is 12.0 Å². The smallest absolute Gasteiger partial charge is 0.323 e. The number of amides is 2. The summed E-state index contributed by atoms with van der Waals surface area (Å²) in [6, 6.07) is 12.8. The van der Waals surface area contributed by atoms with Crippen LogP contribution in [0.1, 0.15) is 17.5 Å². The molecule has 0 spiro atoms. The number of carbonyl (C=O) groups excluding carboxylic acids is 1. The quantitative estimate of drug-likeness (QED) is 0.780. The SMILES string of the molecule is CN1CCc2ccc(NC(=O)Nc3cccc(CCC(=O)O)c3)cc21. The van der Waals surface area contributed by atoms with Crippen molar-refractivity contribution in [1.29, 1.82) is 0 Å². The van der Waals surface area contributed by atoms with Gasteiger partial charge in [0.05, 0.1) is 0 Å². The van der Waals surface area contributed by atoms with Crippen LogP contribution < -0.4 is 15.5 Å². The van der Waals surface area contributed by atoms with Crippen molar-refractivity contribution in [3.05, 3.63) is 53.6 Å². The fourth-order valence-corrected chi connectivity index (χ4v) is 2.97. The van der Waals surface area contributed by atoms with Crippen LogP contribution in [0.25, 0.3) is 0 Å². The lowest BCUT2D eigenvalue weighted by Crippen LogP contribution is -2.20. The molecule has 0 aromatic heterocycles. The summed E-state index contributed by atoms with van der Waals surface area (Å²) in [7, 11) is 2.04. The summed E-state index contributed by atoms with van der Waals surface area (Å²) in [5, 5.41) is 14.4. The maximum absolute atomic E-state index is 12.2. The Kier molecular flexibility index (Phi) is 4.88. The van der Waals surface area contributed by atoms with E-state index >= 15 is 0 Å². The Balaban J connectivity index is 1.62. The maximum atomic E-state index is 12.2. The normalized spacial score (nSPS) is 12.6. The molecular weight excluding hydrogens is 318 g/mol. The number of carboxylic acid groups (broad SMARTS) is 1. The predicted molar refractivity (Wildman–Crippen MR) is 98.5 cm³/mol. The Morgan fingerprint density at radius 3 is 2.64 bits per heavy atom. The number of aryl methyl sites for hydroxylation is 1. The van der Waals surface area contributed by atoms with Crippen LogP contribution in [-0.2, 0) is 17.6 Å². The van der Waals surface area contributed by atoms with Crippen molar-refractivity contribution in [2.45, 2.75) is 19.3 Å². The van der Waals surface area contributed by atoms with E-state index in [1.54, 1.807) is 18.2 Å². The van der Waals surface area contributed by atoms with Gasteiger partial charge in [0.25, 0.3) is 0 Å². The average Bonchev–Trinajstić information content (AvgIpc) is 2.94. The Bertz CT molecular complexity index is 804. The number of carboxylic acids is 1. The zero-order chi connectivity index (χ0) is 17.8. The van der Waals surface area contributed by atoms with Gasteiger partial charge in [0.1, 0.15) is 0 Å². The first-order valence-corrected chi connectivity index (χ1v) is 8.24. The Hall–Kier alpha value is -3.02. The maximum Gasteiger partial charge on any atom is 0.323 e. The van der Waals surface area contributed by atoms with Crippen molar-refractivity contribution in [2.24, 2.45) is 0 Å². The number of likely N-dealkylation sites (N-methyl/N-ethyl adjacent to an activating group) is 1. The van der Waals surface area contributed by atoms with Crippen LogP contribution >= 0.6 is 0 Å². The summed E-state index contributed by atoms with van der Waals surface area (Å²) < 4.78 is 0. The van der Waals surface area contributed by atoms with Gasteiger partial charge < -0.3 is 20.6 Å². The number of aliphatic carboxylic acids is 1. The molecular formula is C19H21N3O3. The summed E-state index contributed by atoms with van der Waals surface area (Å²) in [6.45, 7) is 0.994. The molecule has 6 heteroatoms. The largest absolute Gasteiger partial charge is 0.481 e. The standard InChI is InChI=1S/C19H21N3O3/c1-22-10-9-14-6-7-16(12-17(14)22)21-19(25)20-15-4-2-3-13(11-15)5-8-18(23)24/h2-4,6-7,11-12H,5,8-10H2,1H3,(H,23,24)(H2,20,21,25). The number of nitrogens with one attached hydrogen (secondary N) is 2. The van der Waals surface area contributed by atoms with Crippen LogP contribution in [0, 0.1) is 0 Å². The van der Waals surface area contributed by atoms with Crippen molar-refractivity contribution in [2.75, 3.05) is 29.1 Å². The van der Waals surface area contributed by atoms with Crippen LogP contribution in [0.3, 0.4) is 0 Å². The first-order chi connectivity index (χ1) is 12.0. The van der Waals surface area contributed by atoms with E-state index in [4.69, 9.17) is 5.11 Å². The third-order valence-corrected chi connectivity index (χ3v) is 4.28. The van der Waals surface area contributed by atoms with Gasteiger partial charge in [-0.15, -0.1) is 0 Å². The molecule has 1 aliphatic heterocycles. The molecule has 0 bridgehead atoms. The lowest BCUT2D eigenvalue weighted by molar-refractivity contribution is -0.136. The van der Waals surface area contributed by atoms with Gasteiger partial charge in [0.2, 0.25) is 0 Å². The number of carbonyl (C=O) groups is 2. The zero-order valence-electron chi connectivity index (χ0n) is 14.1. The van der Waals surface area contributed by atoms with E-state index in [9.17, 15) is 9.59 Å². The zero-order valence-corrected chi connectivity index (χ0v) is 14.1. The first kappa shape index (κ1) is 16.8. The van der Waals surface area contributed by atoms with E-state index in [-0.39, 0.29) is 12.5 Å². The van der Waals surface area contributed by atoms with Gasteiger partial charge in [-0.1, -0.05) is 18.2 Å². The number of fused-ring (bicyclic) bond motifs is 1. The predicted octanol–water partition coefficient (Wildman–Crippen LogP) is 3.34. The second-order valence-corrected chi connectivity index (χ2v) is 6.19. The highest BCUT2D eigenvalue weighted by atomic mass is 16.4. The number of nitrogens with zero attached hydrogens (tertiary/aromatic N) is 1. The van der Waals surface area contributed by atoms with E-state index < -0.39 is 5.97 Å². The highest BCUT2D eigenvalue weighted by molar-refractivity contribution is 6.00. The molecule has 0 radical (unpaired) electrons. The molecule has 3 rings (SSSR count). The van der Waals surface area contributed by atoms with Crippen LogP contribution in [-0.4, -0.2) is 30.7 Å². The Morgan fingerprint density at radius 2 is 1.88 bits per heavy atom. The molecule has 2 aromatic rings. The second kappa shape index (κ2) is 7.25. The highest BCUT2D eigenvalue weighted by Crippen LogP contribution is 2.29. The van der Waals surface area contributed by atoms with Gasteiger partial charge in [0.15, 0.2) is 0 Å².